The number of hydrogen-bond donors (Lipinski definition) is 2. The van der Waals surface area contributed by atoms with Gasteiger partial charge in [-0.3, -0.25) is 5.01 Å². The molecule has 0 radical (unpaired) electrons. The van der Waals surface area contributed by atoms with Gasteiger partial charge < -0.3 is 25.2 Å². The van der Waals surface area contributed by atoms with Gasteiger partial charge in [0.1, 0.15) is 6.33 Å². The van der Waals surface area contributed by atoms with Gasteiger partial charge in [-0.2, -0.15) is 18.9 Å². The van der Waals surface area contributed by atoms with Crippen LogP contribution in [0.25, 0.3) is 0 Å². The third-order valence-corrected chi connectivity index (χ3v) is 6.77. The first-order chi connectivity index (χ1) is 19.9. The fraction of sp³-hybridized carbons (Fsp3) is 0.407. The fourth-order valence-corrected chi connectivity index (χ4v) is 4.60. The van der Waals surface area contributed by atoms with Crippen LogP contribution in [0.15, 0.2) is 66.1 Å². The zero-order valence-corrected chi connectivity index (χ0v) is 22.8. The van der Waals surface area contributed by atoms with E-state index in [1.165, 1.54) is 30.9 Å². The molecular weight excluding hydrogens is 532 g/mol. The number of morpholine rings is 1. The van der Waals surface area contributed by atoms with Crippen molar-refractivity contribution < 1.29 is 13.5 Å². The van der Waals surface area contributed by atoms with Crippen molar-refractivity contribution in [3.05, 3.63) is 72.1 Å². The van der Waals surface area contributed by atoms with Crippen LogP contribution in [-0.4, -0.2) is 95.2 Å². The Balaban J connectivity index is 1.16. The molecule has 1 atom stereocenters. The topological polar surface area (TPSA) is 120 Å². The summed E-state index contributed by atoms with van der Waals surface area (Å²) < 4.78 is 35.4. The van der Waals surface area contributed by atoms with Crippen molar-refractivity contribution in [3.8, 4) is 0 Å². The van der Waals surface area contributed by atoms with E-state index in [0.717, 1.165) is 18.8 Å². The molecule has 41 heavy (non-hydrogen) atoms. The molecule has 14 heteroatoms. The van der Waals surface area contributed by atoms with Gasteiger partial charge in [-0.1, -0.05) is 30.3 Å². The molecule has 2 aliphatic heterocycles. The van der Waals surface area contributed by atoms with Gasteiger partial charge in [0.05, 0.1) is 24.8 Å². The zero-order chi connectivity index (χ0) is 28.7. The number of anilines is 3. The van der Waals surface area contributed by atoms with Crippen molar-refractivity contribution in [3.63, 3.8) is 0 Å². The number of ether oxygens (including phenoxy) is 1. The molecule has 0 amide bonds. The lowest BCUT2D eigenvalue weighted by molar-refractivity contribution is 0.0137. The lowest BCUT2D eigenvalue weighted by atomic mass is 10.0. The van der Waals surface area contributed by atoms with E-state index in [1.807, 2.05) is 22.9 Å². The lowest BCUT2D eigenvalue weighted by Crippen LogP contribution is -2.47. The molecule has 0 saturated carbocycles. The first-order valence-corrected chi connectivity index (χ1v) is 13.4. The Morgan fingerprint density at radius 3 is 2.46 bits per heavy atom. The van der Waals surface area contributed by atoms with Crippen LogP contribution in [0.1, 0.15) is 18.1 Å². The molecular formula is C27H33F2N11O. The minimum absolute atomic E-state index is 0.0271. The Hall–Kier alpha value is -4.30. The largest absolute Gasteiger partial charge is 0.374 e. The molecule has 2 aliphatic rings. The Morgan fingerprint density at radius 1 is 1.10 bits per heavy atom. The van der Waals surface area contributed by atoms with Crippen LogP contribution in [0.4, 0.5) is 26.6 Å². The van der Waals surface area contributed by atoms with Gasteiger partial charge in [0.25, 0.3) is 0 Å². The summed E-state index contributed by atoms with van der Waals surface area (Å²) in [6.07, 6.45) is 5.71. The van der Waals surface area contributed by atoms with E-state index in [4.69, 9.17) is 4.74 Å². The van der Waals surface area contributed by atoms with Gasteiger partial charge in [-0.15, -0.1) is 0 Å². The van der Waals surface area contributed by atoms with Crippen molar-refractivity contribution in [1.82, 2.24) is 35.2 Å². The second kappa shape index (κ2) is 12.9. The minimum Gasteiger partial charge on any atom is -0.374 e. The summed E-state index contributed by atoms with van der Waals surface area (Å²) >= 11 is 0. The van der Waals surface area contributed by atoms with Gasteiger partial charge >= 0.3 is 5.92 Å². The van der Waals surface area contributed by atoms with E-state index < -0.39 is 5.92 Å². The number of piperazine rings is 1. The third kappa shape index (κ3) is 7.08. The number of aromatic nitrogens is 5. The van der Waals surface area contributed by atoms with E-state index in [0.29, 0.717) is 57.2 Å². The third-order valence-electron chi connectivity index (χ3n) is 6.77. The van der Waals surface area contributed by atoms with E-state index in [1.54, 1.807) is 23.2 Å². The van der Waals surface area contributed by atoms with Crippen LogP contribution in [0, 0.1) is 0 Å². The van der Waals surface area contributed by atoms with Crippen LogP contribution in [0.5, 0.6) is 0 Å². The van der Waals surface area contributed by atoms with Crippen LogP contribution < -0.4 is 20.4 Å². The number of nitrogens with zero attached hydrogens (tertiary/aromatic N) is 9. The standard InChI is InChI=1S/C27H33F2N11O/c1-20(17-40(30-2)18-23-16-31-8-13-41-23)36-24-34-19-35-26(37-24)39-11-9-38(10-12-39)25-32-14-22(15-33-25)27(28,29)21-6-4-3-5-7-21/h3-7,14-15,17,19,23,31H,2,8-13,16,18H2,1H3,(H,34,35,36,37)/b20-17+/t23-/m0/s1. The molecule has 0 spiro atoms. The molecule has 1 aromatic carbocycles. The van der Waals surface area contributed by atoms with E-state index in [-0.39, 0.29) is 17.2 Å². The SMILES string of the molecule is C=NN(/C=C(\C)Nc1ncnc(N2CCN(c3ncc(C(F)(F)c4ccccc4)cn3)CC2)n1)C[C@@H]1CNCCO1. The van der Waals surface area contributed by atoms with E-state index >= 15 is 0 Å². The molecule has 5 rings (SSSR count). The predicted octanol–water partition coefficient (Wildman–Crippen LogP) is 2.31. The zero-order valence-electron chi connectivity index (χ0n) is 22.8. The quantitative estimate of drug-likeness (QED) is 0.278. The highest BCUT2D eigenvalue weighted by Gasteiger charge is 2.35. The summed E-state index contributed by atoms with van der Waals surface area (Å²) in [6.45, 7) is 10.8. The minimum atomic E-state index is -3.17. The summed E-state index contributed by atoms with van der Waals surface area (Å²) in [6, 6.07) is 7.66. The van der Waals surface area contributed by atoms with Gasteiger partial charge in [-0.25, -0.2) is 19.9 Å². The molecule has 0 unspecified atom stereocenters. The maximum absolute atomic E-state index is 14.8. The maximum atomic E-state index is 14.8. The van der Waals surface area contributed by atoms with Gasteiger partial charge in [0.2, 0.25) is 17.8 Å². The molecule has 2 aromatic heterocycles. The van der Waals surface area contributed by atoms with Crippen molar-refractivity contribution in [2.24, 2.45) is 5.10 Å². The molecule has 0 aliphatic carbocycles. The molecule has 3 aromatic rings. The summed E-state index contributed by atoms with van der Waals surface area (Å²) in [4.78, 5) is 25.6. The van der Waals surface area contributed by atoms with Crippen molar-refractivity contribution >= 4 is 24.6 Å². The molecule has 2 fully saturated rings. The van der Waals surface area contributed by atoms with Crippen molar-refractivity contribution in [2.45, 2.75) is 19.0 Å². The highest BCUT2D eigenvalue weighted by Crippen LogP contribution is 2.35. The Kier molecular flexibility index (Phi) is 8.89. The monoisotopic (exact) mass is 565 g/mol. The second-order valence-corrected chi connectivity index (χ2v) is 9.69. The highest BCUT2D eigenvalue weighted by atomic mass is 19.3. The first-order valence-electron chi connectivity index (χ1n) is 13.4. The Labute approximate surface area is 237 Å². The lowest BCUT2D eigenvalue weighted by Gasteiger charge is -2.34. The molecule has 2 saturated heterocycles. The summed E-state index contributed by atoms with van der Waals surface area (Å²) in [7, 11) is 0. The summed E-state index contributed by atoms with van der Waals surface area (Å²) in [5.74, 6) is -1.82. The number of nitrogens with one attached hydrogen (secondary N) is 2. The number of hydrogen-bond acceptors (Lipinski definition) is 12. The molecule has 0 bridgehead atoms. The van der Waals surface area contributed by atoms with Crippen LogP contribution in [0.3, 0.4) is 0 Å². The van der Waals surface area contributed by atoms with E-state index in [2.05, 4.69) is 47.4 Å². The smallest absolute Gasteiger partial charge is 0.301 e. The second-order valence-electron chi connectivity index (χ2n) is 9.69. The van der Waals surface area contributed by atoms with Crippen molar-refractivity contribution in [1.29, 1.82) is 0 Å². The molecule has 2 N–H and O–H groups in total. The highest BCUT2D eigenvalue weighted by molar-refractivity contribution is 5.42. The predicted molar refractivity (Wildman–Crippen MR) is 152 cm³/mol. The first kappa shape index (κ1) is 28.2. The maximum Gasteiger partial charge on any atom is 0.301 e. The number of hydrazone groups is 1. The number of benzene rings is 1. The summed E-state index contributed by atoms with van der Waals surface area (Å²) in [5.41, 5.74) is 0.441. The van der Waals surface area contributed by atoms with Crippen LogP contribution in [0.2, 0.25) is 0 Å². The average Bonchev–Trinajstić information content (AvgIpc) is 3.02. The van der Waals surface area contributed by atoms with Crippen molar-refractivity contribution in [2.75, 3.05) is 67.5 Å². The number of alkyl halides is 2. The Morgan fingerprint density at radius 2 is 1.80 bits per heavy atom. The van der Waals surface area contributed by atoms with Crippen LogP contribution >= 0.6 is 0 Å². The summed E-state index contributed by atoms with van der Waals surface area (Å²) in [5, 5.41) is 12.3. The molecule has 4 heterocycles. The molecule has 12 nitrogen and oxygen atoms in total. The van der Waals surface area contributed by atoms with Gasteiger partial charge in [-0.05, 0) is 6.92 Å². The number of halogens is 2. The van der Waals surface area contributed by atoms with Gasteiger partial charge in [0.15, 0.2) is 0 Å². The van der Waals surface area contributed by atoms with Crippen LogP contribution in [-0.2, 0) is 10.7 Å². The fourth-order valence-electron chi connectivity index (χ4n) is 4.60. The number of rotatable bonds is 10. The van der Waals surface area contributed by atoms with E-state index in [9.17, 15) is 8.78 Å². The molecule has 216 valence electrons. The van der Waals surface area contributed by atoms with Gasteiger partial charge in [0, 0.05) is 75.8 Å². The average molecular weight is 566 g/mol. The number of allylic oxidation sites excluding steroid dienone is 1. The normalized spacial score (nSPS) is 18.2. The Bertz CT molecular complexity index is 1310.